The molecule has 19 heavy (non-hydrogen) atoms. The second kappa shape index (κ2) is 5.49. The Hall–Kier alpha value is -1.10. The number of piperidine rings is 1. The number of carbonyl (C=O) groups excluding carboxylic acids is 2. The molecule has 0 aliphatic carbocycles. The van der Waals surface area contributed by atoms with E-state index in [2.05, 4.69) is 13.8 Å². The van der Waals surface area contributed by atoms with Crippen molar-refractivity contribution in [3.8, 4) is 0 Å². The van der Waals surface area contributed by atoms with E-state index in [-0.39, 0.29) is 29.8 Å². The summed E-state index contributed by atoms with van der Waals surface area (Å²) in [5.74, 6) is 0.238. The number of nitrogens with zero attached hydrogens (tertiary/aromatic N) is 2. The third kappa shape index (κ3) is 3.08. The second-order valence-corrected chi connectivity index (χ2v) is 6.48. The number of amides is 2. The number of fused-ring (bicyclic) bond motifs is 1. The van der Waals surface area contributed by atoms with Crippen LogP contribution in [-0.4, -0.2) is 53.8 Å². The van der Waals surface area contributed by atoms with Gasteiger partial charge in [-0.15, -0.1) is 0 Å². The van der Waals surface area contributed by atoms with Crippen LogP contribution < -0.4 is 5.73 Å². The van der Waals surface area contributed by atoms with E-state index in [0.29, 0.717) is 13.1 Å². The summed E-state index contributed by atoms with van der Waals surface area (Å²) in [6, 6.07) is -0.198. The van der Waals surface area contributed by atoms with Gasteiger partial charge in [0, 0.05) is 13.1 Å². The Labute approximate surface area is 115 Å². The zero-order valence-corrected chi connectivity index (χ0v) is 12.0. The SMILES string of the molecule is CC(C)(CN)CCN1CC(=O)N2CCCCC2C1=O. The van der Waals surface area contributed by atoms with E-state index in [1.807, 2.05) is 0 Å². The van der Waals surface area contributed by atoms with Gasteiger partial charge in [-0.25, -0.2) is 0 Å². The van der Waals surface area contributed by atoms with E-state index in [4.69, 9.17) is 5.73 Å². The molecule has 0 saturated carbocycles. The van der Waals surface area contributed by atoms with Crippen molar-refractivity contribution in [1.29, 1.82) is 0 Å². The highest BCUT2D eigenvalue weighted by Gasteiger charge is 2.40. The van der Waals surface area contributed by atoms with Gasteiger partial charge in [0.05, 0.1) is 6.54 Å². The monoisotopic (exact) mass is 267 g/mol. The van der Waals surface area contributed by atoms with E-state index in [0.717, 1.165) is 32.2 Å². The van der Waals surface area contributed by atoms with Gasteiger partial charge >= 0.3 is 0 Å². The van der Waals surface area contributed by atoms with E-state index in [1.165, 1.54) is 0 Å². The highest BCUT2D eigenvalue weighted by Crippen LogP contribution is 2.25. The van der Waals surface area contributed by atoms with Crippen LogP contribution >= 0.6 is 0 Å². The number of nitrogens with two attached hydrogens (primary N) is 1. The molecule has 0 aromatic heterocycles. The van der Waals surface area contributed by atoms with E-state index in [1.54, 1.807) is 9.80 Å². The molecule has 2 saturated heterocycles. The highest BCUT2D eigenvalue weighted by molar-refractivity contribution is 5.95. The third-order valence-corrected chi connectivity index (χ3v) is 4.36. The van der Waals surface area contributed by atoms with Crippen molar-refractivity contribution < 1.29 is 9.59 Å². The van der Waals surface area contributed by atoms with Crippen molar-refractivity contribution >= 4 is 11.8 Å². The molecule has 2 amide bonds. The van der Waals surface area contributed by atoms with Crippen molar-refractivity contribution in [3.05, 3.63) is 0 Å². The Bertz CT molecular complexity index is 368. The summed E-state index contributed by atoms with van der Waals surface area (Å²) in [6.07, 6.45) is 3.73. The lowest BCUT2D eigenvalue weighted by Crippen LogP contribution is -2.61. The molecule has 2 heterocycles. The number of hydrogen-bond acceptors (Lipinski definition) is 3. The first-order valence-electron chi connectivity index (χ1n) is 7.23. The molecular weight excluding hydrogens is 242 g/mol. The summed E-state index contributed by atoms with van der Waals surface area (Å²) >= 11 is 0. The fraction of sp³-hybridized carbons (Fsp3) is 0.857. The van der Waals surface area contributed by atoms with Crippen LogP contribution in [0.4, 0.5) is 0 Å². The fourth-order valence-electron chi connectivity index (χ4n) is 2.76. The topological polar surface area (TPSA) is 66.6 Å². The van der Waals surface area contributed by atoms with Crippen LogP contribution in [0.2, 0.25) is 0 Å². The molecule has 0 aromatic rings. The van der Waals surface area contributed by atoms with Gasteiger partial charge in [-0.3, -0.25) is 9.59 Å². The summed E-state index contributed by atoms with van der Waals surface area (Å²) in [5.41, 5.74) is 5.73. The van der Waals surface area contributed by atoms with Gasteiger partial charge in [0.2, 0.25) is 11.8 Å². The standard InChI is InChI=1S/C14H25N3O2/c1-14(2,10-15)6-8-16-9-12(18)17-7-4-3-5-11(17)13(16)19/h11H,3-10,15H2,1-2H3. The minimum absolute atomic E-state index is 0.0209. The van der Waals surface area contributed by atoms with Crippen LogP contribution in [0.5, 0.6) is 0 Å². The molecule has 0 bridgehead atoms. The van der Waals surface area contributed by atoms with Crippen molar-refractivity contribution in [3.63, 3.8) is 0 Å². The van der Waals surface area contributed by atoms with Crippen LogP contribution in [0.1, 0.15) is 39.5 Å². The molecule has 1 atom stereocenters. The van der Waals surface area contributed by atoms with Crippen LogP contribution in [-0.2, 0) is 9.59 Å². The molecule has 5 nitrogen and oxygen atoms in total. The van der Waals surface area contributed by atoms with E-state index in [9.17, 15) is 9.59 Å². The second-order valence-electron chi connectivity index (χ2n) is 6.48. The first-order valence-corrected chi connectivity index (χ1v) is 7.23. The summed E-state index contributed by atoms with van der Waals surface area (Å²) in [5, 5.41) is 0. The molecular formula is C14H25N3O2. The zero-order chi connectivity index (χ0) is 14.0. The first kappa shape index (κ1) is 14.3. The van der Waals surface area contributed by atoms with Gasteiger partial charge in [-0.05, 0) is 37.6 Å². The summed E-state index contributed by atoms with van der Waals surface area (Å²) in [6.45, 7) is 6.41. The van der Waals surface area contributed by atoms with E-state index < -0.39 is 0 Å². The quantitative estimate of drug-likeness (QED) is 0.810. The van der Waals surface area contributed by atoms with Gasteiger partial charge in [0.1, 0.15) is 6.04 Å². The van der Waals surface area contributed by atoms with Crippen molar-refractivity contribution in [2.75, 3.05) is 26.2 Å². The van der Waals surface area contributed by atoms with Gasteiger partial charge in [-0.2, -0.15) is 0 Å². The van der Waals surface area contributed by atoms with Crippen LogP contribution in [0.15, 0.2) is 0 Å². The molecule has 0 spiro atoms. The highest BCUT2D eigenvalue weighted by atomic mass is 16.2. The van der Waals surface area contributed by atoms with Crippen molar-refractivity contribution in [1.82, 2.24) is 9.80 Å². The van der Waals surface area contributed by atoms with Gasteiger partial charge in [-0.1, -0.05) is 13.8 Å². The molecule has 2 N–H and O–H groups in total. The number of rotatable bonds is 4. The van der Waals surface area contributed by atoms with Crippen molar-refractivity contribution in [2.45, 2.75) is 45.6 Å². The average molecular weight is 267 g/mol. The van der Waals surface area contributed by atoms with Crippen molar-refractivity contribution in [2.24, 2.45) is 11.1 Å². The zero-order valence-electron chi connectivity index (χ0n) is 12.0. The lowest BCUT2D eigenvalue weighted by molar-refractivity contribution is -0.158. The van der Waals surface area contributed by atoms with Gasteiger partial charge < -0.3 is 15.5 Å². The predicted octanol–water partition coefficient (Wildman–Crippen LogP) is 0.585. The Morgan fingerprint density at radius 1 is 1.32 bits per heavy atom. The minimum atomic E-state index is -0.198. The maximum atomic E-state index is 12.4. The molecule has 2 aliphatic rings. The smallest absolute Gasteiger partial charge is 0.245 e. The average Bonchev–Trinajstić information content (AvgIpc) is 2.41. The normalized spacial score (nSPS) is 24.7. The molecule has 2 aliphatic heterocycles. The summed E-state index contributed by atoms with van der Waals surface area (Å²) < 4.78 is 0. The molecule has 2 rings (SSSR count). The van der Waals surface area contributed by atoms with Crippen LogP contribution in [0.3, 0.4) is 0 Å². The predicted molar refractivity (Wildman–Crippen MR) is 73.4 cm³/mol. The maximum Gasteiger partial charge on any atom is 0.245 e. The maximum absolute atomic E-state index is 12.4. The number of carbonyl (C=O) groups is 2. The lowest BCUT2D eigenvalue weighted by atomic mass is 9.89. The number of hydrogen-bond donors (Lipinski definition) is 1. The molecule has 0 radical (unpaired) electrons. The van der Waals surface area contributed by atoms with Gasteiger partial charge in [0.25, 0.3) is 0 Å². The summed E-state index contributed by atoms with van der Waals surface area (Å²) in [4.78, 5) is 28.0. The largest absolute Gasteiger partial charge is 0.332 e. The molecule has 1 unspecified atom stereocenters. The minimum Gasteiger partial charge on any atom is -0.332 e. The van der Waals surface area contributed by atoms with Crippen LogP contribution in [0.25, 0.3) is 0 Å². The Kier molecular flexibility index (Phi) is 4.13. The number of piperazine rings is 1. The third-order valence-electron chi connectivity index (χ3n) is 4.36. The first-order chi connectivity index (χ1) is 8.94. The molecule has 2 fully saturated rings. The molecule has 108 valence electrons. The lowest BCUT2D eigenvalue weighted by Gasteiger charge is -2.43. The van der Waals surface area contributed by atoms with E-state index >= 15 is 0 Å². The fourth-order valence-corrected chi connectivity index (χ4v) is 2.76. The molecule has 5 heteroatoms. The molecule has 0 aromatic carbocycles. The Morgan fingerprint density at radius 3 is 2.74 bits per heavy atom. The van der Waals surface area contributed by atoms with Gasteiger partial charge in [0.15, 0.2) is 0 Å². The Balaban J connectivity index is 1.99. The van der Waals surface area contributed by atoms with Crippen LogP contribution in [0, 0.1) is 5.41 Å². The summed E-state index contributed by atoms with van der Waals surface area (Å²) in [7, 11) is 0. The Morgan fingerprint density at radius 2 is 2.05 bits per heavy atom.